The molecule has 0 atom stereocenters. The Morgan fingerprint density at radius 3 is 2.44 bits per heavy atom. The lowest BCUT2D eigenvalue weighted by atomic mass is 10.2. The Bertz CT molecular complexity index is 935. The maximum absolute atomic E-state index is 12.2. The first kappa shape index (κ1) is 21.1. The molecule has 7 nitrogen and oxygen atoms in total. The molecule has 9 heteroatoms. The number of sulfonamides is 1. The fourth-order valence-corrected chi connectivity index (χ4v) is 4.09. The predicted molar refractivity (Wildman–Crippen MR) is 103 cm³/mol. The minimum absolute atomic E-state index is 0.0152. The number of nitrogens with zero attached hydrogens (tertiary/aromatic N) is 2. The van der Waals surface area contributed by atoms with Gasteiger partial charge in [0, 0.05) is 26.0 Å². The number of amides is 1. The molecule has 2 aromatic rings. The number of aryl methyl sites for hydroxylation is 1. The largest absolute Gasteiger partial charge is 0.452 e. The van der Waals surface area contributed by atoms with Crippen LogP contribution in [0.15, 0.2) is 40.6 Å². The third kappa shape index (κ3) is 5.15. The van der Waals surface area contributed by atoms with Crippen LogP contribution < -0.4 is 0 Å². The van der Waals surface area contributed by atoms with Crippen LogP contribution in [0.1, 0.15) is 20.8 Å². The number of hydrogen-bond acceptors (Lipinski definition) is 6. The van der Waals surface area contributed by atoms with E-state index in [-0.39, 0.29) is 16.4 Å². The van der Waals surface area contributed by atoms with Gasteiger partial charge in [-0.05, 0) is 42.1 Å². The molecular weight excluding hydrogens is 388 g/mol. The Hall–Kier alpha value is -2.23. The third-order valence-electron chi connectivity index (χ3n) is 3.95. The molecule has 1 amide bonds. The number of ether oxygens (including phenoxy) is 1. The van der Waals surface area contributed by atoms with Crippen LogP contribution in [0.25, 0.3) is 0 Å². The minimum atomic E-state index is -3.66. The molecule has 27 heavy (non-hydrogen) atoms. The zero-order valence-corrected chi connectivity index (χ0v) is 17.3. The summed E-state index contributed by atoms with van der Waals surface area (Å²) in [5, 5.41) is 1.96. The second-order valence-electron chi connectivity index (χ2n) is 6.17. The summed E-state index contributed by atoms with van der Waals surface area (Å²) in [7, 11) is 0.793. The summed E-state index contributed by atoms with van der Waals surface area (Å²) < 4.78 is 30.4. The van der Waals surface area contributed by atoms with Gasteiger partial charge in [-0.1, -0.05) is 6.07 Å². The molecule has 0 unspecified atom stereocenters. The van der Waals surface area contributed by atoms with Crippen molar-refractivity contribution in [2.75, 3.05) is 27.7 Å². The normalized spacial score (nSPS) is 11.4. The Morgan fingerprint density at radius 1 is 1.15 bits per heavy atom. The number of rotatable bonds is 7. The van der Waals surface area contributed by atoms with E-state index in [2.05, 4.69) is 0 Å². The van der Waals surface area contributed by atoms with Gasteiger partial charge in [0.15, 0.2) is 6.61 Å². The highest BCUT2D eigenvalue weighted by atomic mass is 32.2. The second-order valence-corrected chi connectivity index (χ2v) is 9.32. The number of carbonyl (C=O) groups excluding carboxylic acids is 2. The lowest BCUT2D eigenvalue weighted by Crippen LogP contribution is -2.30. The van der Waals surface area contributed by atoms with Crippen molar-refractivity contribution in [1.29, 1.82) is 0 Å². The molecule has 1 aromatic carbocycles. The Labute approximate surface area is 163 Å². The van der Waals surface area contributed by atoms with Gasteiger partial charge >= 0.3 is 5.97 Å². The molecule has 0 spiro atoms. The van der Waals surface area contributed by atoms with E-state index in [0.29, 0.717) is 6.54 Å². The van der Waals surface area contributed by atoms with Crippen molar-refractivity contribution in [1.82, 2.24) is 9.21 Å². The van der Waals surface area contributed by atoms with Crippen LogP contribution in [0, 0.1) is 6.92 Å². The number of esters is 1. The summed E-state index contributed by atoms with van der Waals surface area (Å²) >= 11 is 1.56. The molecule has 0 aliphatic carbocycles. The van der Waals surface area contributed by atoms with Gasteiger partial charge in [0.05, 0.1) is 17.0 Å². The maximum Gasteiger partial charge on any atom is 0.338 e. The summed E-state index contributed by atoms with van der Waals surface area (Å²) in [5.74, 6) is -1.09. The van der Waals surface area contributed by atoms with E-state index in [1.54, 1.807) is 18.4 Å². The molecule has 0 saturated heterocycles. The van der Waals surface area contributed by atoms with Crippen LogP contribution in [0.5, 0.6) is 0 Å². The van der Waals surface area contributed by atoms with Gasteiger partial charge in [-0.2, -0.15) is 0 Å². The number of hydrogen-bond donors (Lipinski definition) is 0. The molecule has 1 aromatic heterocycles. The fraction of sp³-hybridized carbons (Fsp3) is 0.333. The van der Waals surface area contributed by atoms with Gasteiger partial charge in [0.1, 0.15) is 0 Å². The summed E-state index contributed by atoms with van der Waals surface area (Å²) in [6.07, 6.45) is 0. The third-order valence-corrected chi connectivity index (χ3v) is 6.77. The molecule has 0 bridgehead atoms. The van der Waals surface area contributed by atoms with E-state index in [4.69, 9.17) is 4.74 Å². The molecule has 146 valence electrons. The van der Waals surface area contributed by atoms with Crippen molar-refractivity contribution < 1.29 is 22.7 Å². The summed E-state index contributed by atoms with van der Waals surface area (Å²) in [5.41, 5.74) is 1.18. The van der Waals surface area contributed by atoms with Gasteiger partial charge in [-0.3, -0.25) is 4.79 Å². The first-order valence-corrected chi connectivity index (χ1v) is 10.4. The molecule has 0 aliphatic heterocycles. The molecule has 0 saturated carbocycles. The summed E-state index contributed by atoms with van der Waals surface area (Å²) in [6.45, 7) is 2.00. The Balaban J connectivity index is 1.99. The molecular formula is C18H22N2O5S2. The van der Waals surface area contributed by atoms with E-state index >= 15 is 0 Å². The first-order valence-electron chi connectivity index (χ1n) is 8.09. The van der Waals surface area contributed by atoms with Crippen molar-refractivity contribution in [2.45, 2.75) is 18.4 Å². The molecule has 0 radical (unpaired) electrons. The topological polar surface area (TPSA) is 84.0 Å². The van der Waals surface area contributed by atoms with Gasteiger partial charge in [0.2, 0.25) is 10.0 Å². The van der Waals surface area contributed by atoms with E-state index in [0.717, 1.165) is 14.7 Å². The fourth-order valence-electron chi connectivity index (χ4n) is 2.18. The molecule has 0 fully saturated rings. The lowest BCUT2D eigenvalue weighted by Gasteiger charge is -2.17. The molecule has 2 rings (SSSR count). The highest BCUT2D eigenvalue weighted by Gasteiger charge is 2.20. The monoisotopic (exact) mass is 410 g/mol. The van der Waals surface area contributed by atoms with Crippen LogP contribution in [0.3, 0.4) is 0 Å². The van der Waals surface area contributed by atoms with Crippen molar-refractivity contribution in [2.24, 2.45) is 0 Å². The first-order chi connectivity index (χ1) is 12.6. The average molecular weight is 411 g/mol. The molecule has 0 aliphatic rings. The van der Waals surface area contributed by atoms with Gasteiger partial charge in [0.25, 0.3) is 5.91 Å². The summed E-state index contributed by atoms with van der Waals surface area (Å²) in [4.78, 5) is 26.9. The molecule has 0 N–H and O–H groups in total. The highest BCUT2D eigenvalue weighted by molar-refractivity contribution is 7.89. The van der Waals surface area contributed by atoms with Crippen molar-refractivity contribution >= 4 is 33.2 Å². The van der Waals surface area contributed by atoms with Crippen molar-refractivity contribution in [3.05, 3.63) is 51.7 Å². The average Bonchev–Trinajstić information content (AvgIpc) is 3.03. The zero-order chi connectivity index (χ0) is 20.2. The standard InChI is InChI=1S/C18H22N2O5S2/c1-13-8-9-26-16(13)11-20(4)17(21)12-25-18(22)14-6-5-7-15(10-14)27(23,24)19(2)3/h5-10H,11-12H2,1-4H3. The predicted octanol–water partition coefficient (Wildman–Crippen LogP) is 2.12. The highest BCUT2D eigenvalue weighted by Crippen LogP contribution is 2.18. The zero-order valence-electron chi connectivity index (χ0n) is 15.6. The van der Waals surface area contributed by atoms with E-state index in [1.165, 1.54) is 43.3 Å². The van der Waals surface area contributed by atoms with Gasteiger partial charge < -0.3 is 9.64 Å². The van der Waals surface area contributed by atoms with E-state index in [1.807, 2.05) is 18.4 Å². The lowest BCUT2D eigenvalue weighted by molar-refractivity contribution is -0.133. The number of likely N-dealkylation sites (N-methyl/N-ethyl adjacent to an activating group) is 1. The van der Waals surface area contributed by atoms with Crippen molar-refractivity contribution in [3.63, 3.8) is 0 Å². The Morgan fingerprint density at radius 2 is 1.85 bits per heavy atom. The van der Waals surface area contributed by atoms with Gasteiger partial charge in [-0.15, -0.1) is 11.3 Å². The smallest absolute Gasteiger partial charge is 0.338 e. The van der Waals surface area contributed by atoms with Crippen LogP contribution in [-0.4, -0.2) is 57.2 Å². The van der Waals surface area contributed by atoms with Crippen LogP contribution in [0.2, 0.25) is 0 Å². The van der Waals surface area contributed by atoms with Crippen LogP contribution >= 0.6 is 11.3 Å². The van der Waals surface area contributed by atoms with E-state index in [9.17, 15) is 18.0 Å². The summed E-state index contributed by atoms with van der Waals surface area (Å²) in [6, 6.07) is 7.52. The van der Waals surface area contributed by atoms with Gasteiger partial charge in [-0.25, -0.2) is 17.5 Å². The SMILES string of the molecule is Cc1ccsc1CN(C)C(=O)COC(=O)c1cccc(S(=O)(=O)N(C)C)c1. The van der Waals surface area contributed by atoms with Crippen LogP contribution in [-0.2, 0) is 26.1 Å². The minimum Gasteiger partial charge on any atom is -0.452 e. The molecule has 1 heterocycles. The van der Waals surface area contributed by atoms with E-state index < -0.39 is 22.6 Å². The number of thiophene rings is 1. The maximum atomic E-state index is 12.2. The van der Waals surface area contributed by atoms with Crippen LogP contribution in [0.4, 0.5) is 0 Å². The second kappa shape index (κ2) is 8.64. The number of carbonyl (C=O) groups is 2. The number of benzene rings is 1. The quantitative estimate of drug-likeness (QED) is 0.653. The Kier molecular flexibility index (Phi) is 6.74. The van der Waals surface area contributed by atoms with Crippen molar-refractivity contribution in [3.8, 4) is 0 Å².